The highest BCUT2D eigenvalue weighted by Gasteiger charge is 2.20. The molecule has 1 aliphatic rings. The number of hydrogen-bond acceptors (Lipinski definition) is 6. The van der Waals surface area contributed by atoms with E-state index < -0.39 is 0 Å². The number of aromatic amines is 1. The van der Waals surface area contributed by atoms with Gasteiger partial charge in [-0.25, -0.2) is 4.52 Å². The Morgan fingerprint density at radius 3 is 2.95 bits per heavy atom. The number of hydrogen-bond donors (Lipinski definition) is 2. The van der Waals surface area contributed by atoms with E-state index in [0.29, 0.717) is 11.9 Å². The van der Waals surface area contributed by atoms with Gasteiger partial charge in [0.1, 0.15) is 0 Å². The van der Waals surface area contributed by atoms with Crippen molar-refractivity contribution in [3.63, 3.8) is 0 Å². The molecule has 4 heterocycles. The second-order valence-corrected chi connectivity index (χ2v) is 5.27. The molecule has 0 amide bonds. The van der Waals surface area contributed by atoms with Gasteiger partial charge in [-0.15, -0.1) is 5.10 Å². The van der Waals surface area contributed by atoms with Crippen LogP contribution >= 0.6 is 0 Å². The number of nitrogens with zero attached hydrogens (tertiary/aromatic N) is 6. The van der Waals surface area contributed by atoms with Crippen molar-refractivity contribution in [2.75, 3.05) is 18.0 Å². The first-order valence-corrected chi connectivity index (χ1v) is 7.02. The van der Waals surface area contributed by atoms with Crippen LogP contribution in [-0.2, 0) is 0 Å². The van der Waals surface area contributed by atoms with Crippen LogP contribution in [0.15, 0.2) is 24.8 Å². The Morgan fingerprint density at radius 1 is 1.24 bits per heavy atom. The minimum absolute atomic E-state index is 0.297. The van der Waals surface area contributed by atoms with Crippen LogP contribution in [0.2, 0.25) is 0 Å². The fourth-order valence-corrected chi connectivity index (χ4v) is 2.63. The van der Waals surface area contributed by atoms with Crippen molar-refractivity contribution >= 4 is 11.5 Å². The van der Waals surface area contributed by atoms with Gasteiger partial charge < -0.3 is 10.6 Å². The maximum Gasteiger partial charge on any atom is 0.245 e. The molecule has 0 unspecified atom stereocenters. The summed E-state index contributed by atoms with van der Waals surface area (Å²) in [5.41, 5.74) is 7.73. The van der Waals surface area contributed by atoms with Crippen molar-refractivity contribution in [2.24, 2.45) is 5.73 Å². The van der Waals surface area contributed by atoms with Gasteiger partial charge in [0, 0.05) is 31.5 Å². The van der Waals surface area contributed by atoms with Crippen LogP contribution in [-0.4, -0.2) is 48.9 Å². The zero-order chi connectivity index (χ0) is 14.2. The molecule has 4 rings (SSSR count). The molecule has 0 aromatic carbocycles. The first kappa shape index (κ1) is 12.3. The molecule has 0 saturated carbocycles. The summed E-state index contributed by atoms with van der Waals surface area (Å²) < 4.78 is 1.77. The topological polar surface area (TPSA) is 101 Å². The van der Waals surface area contributed by atoms with E-state index in [2.05, 4.69) is 30.2 Å². The summed E-state index contributed by atoms with van der Waals surface area (Å²) in [6.07, 6.45) is 9.00. The highest BCUT2D eigenvalue weighted by Crippen LogP contribution is 2.23. The number of fused-ring (bicyclic) bond motifs is 1. The zero-order valence-corrected chi connectivity index (χ0v) is 11.5. The molecular formula is C13H16N8. The van der Waals surface area contributed by atoms with Gasteiger partial charge in [0.05, 0.1) is 23.5 Å². The van der Waals surface area contributed by atoms with Crippen molar-refractivity contribution in [3.05, 3.63) is 24.8 Å². The molecule has 8 nitrogen and oxygen atoms in total. The lowest BCUT2D eigenvalue weighted by Gasteiger charge is -2.28. The first-order chi connectivity index (χ1) is 10.3. The zero-order valence-electron chi connectivity index (χ0n) is 11.5. The summed E-state index contributed by atoms with van der Waals surface area (Å²) in [7, 11) is 0. The molecule has 1 saturated heterocycles. The Bertz CT molecular complexity index is 752. The van der Waals surface area contributed by atoms with Crippen LogP contribution in [0, 0.1) is 0 Å². The smallest absolute Gasteiger partial charge is 0.245 e. The summed E-state index contributed by atoms with van der Waals surface area (Å²) in [5, 5.41) is 11.6. The summed E-state index contributed by atoms with van der Waals surface area (Å²) in [6.45, 7) is 1.80. The summed E-state index contributed by atoms with van der Waals surface area (Å²) in [4.78, 5) is 10.9. The molecule has 0 atom stereocenters. The molecule has 0 bridgehead atoms. The minimum atomic E-state index is 0.297. The van der Waals surface area contributed by atoms with Crippen LogP contribution in [0.4, 0.5) is 5.95 Å². The van der Waals surface area contributed by atoms with Crippen LogP contribution in [0.1, 0.15) is 12.8 Å². The van der Waals surface area contributed by atoms with Crippen molar-refractivity contribution in [2.45, 2.75) is 18.9 Å². The van der Waals surface area contributed by atoms with Crippen molar-refractivity contribution < 1.29 is 0 Å². The van der Waals surface area contributed by atoms with Crippen LogP contribution in [0.25, 0.3) is 16.9 Å². The molecule has 3 N–H and O–H groups in total. The van der Waals surface area contributed by atoms with Gasteiger partial charge in [-0.2, -0.15) is 10.1 Å². The number of piperidine rings is 1. The minimum Gasteiger partial charge on any atom is -0.339 e. The third kappa shape index (κ3) is 2.13. The van der Waals surface area contributed by atoms with Gasteiger partial charge in [0.2, 0.25) is 5.95 Å². The average molecular weight is 284 g/mol. The lowest BCUT2D eigenvalue weighted by atomic mass is 10.1. The third-order valence-corrected chi connectivity index (χ3v) is 3.88. The van der Waals surface area contributed by atoms with Gasteiger partial charge in [0.25, 0.3) is 0 Å². The van der Waals surface area contributed by atoms with Crippen LogP contribution in [0.5, 0.6) is 0 Å². The van der Waals surface area contributed by atoms with Crippen molar-refractivity contribution in [3.8, 4) is 11.4 Å². The standard InChI is InChI=1S/C13H16N8/c14-9-1-4-20(5-2-9)13-17-12(18-19-13)10-7-16-21-6-3-15-8-11(10)21/h3,6-9H,1-2,4-5,14H2,(H,17,18,19). The number of nitrogens with one attached hydrogen (secondary N) is 1. The fraction of sp³-hybridized carbons (Fsp3) is 0.385. The Labute approximate surface area is 121 Å². The normalized spacial score (nSPS) is 16.7. The van der Waals surface area contributed by atoms with Gasteiger partial charge in [-0.1, -0.05) is 0 Å². The maximum absolute atomic E-state index is 5.93. The summed E-state index contributed by atoms with van der Waals surface area (Å²) in [5.74, 6) is 1.43. The van der Waals surface area contributed by atoms with E-state index in [1.807, 2.05) is 6.20 Å². The Kier molecular flexibility index (Phi) is 2.81. The molecule has 1 aliphatic heterocycles. The molecule has 0 aliphatic carbocycles. The van der Waals surface area contributed by atoms with E-state index in [1.165, 1.54) is 0 Å². The molecule has 3 aromatic heterocycles. The number of nitrogens with two attached hydrogens (primary N) is 1. The lowest BCUT2D eigenvalue weighted by Crippen LogP contribution is -2.40. The van der Waals surface area contributed by atoms with Gasteiger partial charge in [-0.3, -0.25) is 10.1 Å². The number of rotatable bonds is 2. The van der Waals surface area contributed by atoms with Gasteiger partial charge >= 0.3 is 0 Å². The Morgan fingerprint density at radius 2 is 2.10 bits per heavy atom. The van der Waals surface area contributed by atoms with E-state index in [0.717, 1.165) is 43.0 Å². The SMILES string of the molecule is NC1CCN(c2n[nH]c(-c3cnn4ccncc34)n2)CC1. The predicted molar refractivity (Wildman–Crippen MR) is 77.8 cm³/mol. The fourth-order valence-electron chi connectivity index (χ4n) is 2.63. The van der Waals surface area contributed by atoms with E-state index in [9.17, 15) is 0 Å². The largest absolute Gasteiger partial charge is 0.339 e. The first-order valence-electron chi connectivity index (χ1n) is 7.02. The van der Waals surface area contributed by atoms with Crippen molar-refractivity contribution in [1.29, 1.82) is 0 Å². The van der Waals surface area contributed by atoms with Crippen molar-refractivity contribution in [1.82, 2.24) is 29.8 Å². The Hall–Kier alpha value is -2.48. The van der Waals surface area contributed by atoms with E-state index in [-0.39, 0.29) is 0 Å². The second-order valence-electron chi connectivity index (χ2n) is 5.27. The van der Waals surface area contributed by atoms with E-state index in [1.54, 1.807) is 23.1 Å². The molecule has 21 heavy (non-hydrogen) atoms. The molecule has 108 valence electrons. The lowest BCUT2D eigenvalue weighted by molar-refractivity contribution is 0.496. The summed E-state index contributed by atoms with van der Waals surface area (Å²) >= 11 is 0. The maximum atomic E-state index is 5.93. The molecular weight excluding hydrogens is 268 g/mol. The number of H-pyrrole nitrogens is 1. The number of anilines is 1. The molecule has 3 aromatic rings. The molecule has 0 spiro atoms. The van der Waals surface area contributed by atoms with E-state index >= 15 is 0 Å². The number of aromatic nitrogens is 6. The van der Waals surface area contributed by atoms with Gasteiger partial charge in [-0.05, 0) is 12.8 Å². The highest BCUT2D eigenvalue weighted by molar-refractivity contribution is 5.75. The summed E-state index contributed by atoms with van der Waals surface area (Å²) in [6, 6.07) is 0.297. The highest BCUT2D eigenvalue weighted by atomic mass is 15.4. The van der Waals surface area contributed by atoms with Crippen LogP contribution in [0.3, 0.4) is 0 Å². The van der Waals surface area contributed by atoms with Gasteiger partial charge in [0.15, 0.2) is 5.82 Å². The third-order valence-electron chi connectivity index (χ3n) is 3.88. The Balaban J connectivity index is 1.65. The molecule has 1 fully saturated rings. The quantitative estimate of drug-likeness (QED) is 0.708. The monoisotopic (exact) mass is 284 g/mol. The van der Waals surface area contributed by atoms with Crippen LogP contribution < -0.4 is 10.6 Å². The molecule has 0 radical (unpaired) electrons. The molecule has 8 heteroatoms. The predicted octanol–water partition coefficient (Wildman–Crippen LogP) is 0.442. The average Bonchev–Trinajstić information content (AvgIpc) is 3.14. The second kappa shape index (κ2) is 4.81. The van der Waals surface area contributed by atoms with E-state index in [4.69, 9.17) is 5.73 Å².